The highest BCUT2D eigenvalue weighted by atomic mass is 16.5. The molecule has 2 aliphatic rings. The van der Waals surface area contributed by atoms with Gasteiger partial charge in [0.15, 0.2) is 5.78 Å². The molecule has 4 rings (SSSR count). The zero-order valence-corrected chi connectivity index (χ0v) is 14.1. The van der Waals surface area contributed by atoms with E-state index in [4.69, 9.17) is 4.74 Å². The fourth-order valence-electron chi connectivity index (χ4n) is 4.19. The average Bonchev–Trinajstić information content (AvgIpc) is 2.57. The maximum atomic E-state index is 13.2. The third-order valence-corrected chi connectivity index (χ3v) is 5.23. The molecule has 2 aliphatic carbocycles. The highest BCUT2D eigenvalue weighted by molar-refractivity contribution is 6.14. The first-order valence-corrected chi connectivity index (χ1v) is 8.30. The van der Waals surface area contributed by atoms with Crippen molar-refractivity contribution in [2.45, 2.75) is 37.6 Å². The summed E-state index contributed by atoms with van der Waals surface area (Å²) < 4.78 is 5.31. The van der Waals surface area contributed by atoms with Crippen LogP contribution in [0.3, 0.4) is 0 Å². The van der Waals surface area contributed by atoms with Crippen molar-refractivity contribution >= 4 is 5.78 Å². The Hall–Kier alpha value is -2.21. The highest BCUT2D eigenvalue weighted by Crippen LogP contribution is 2.46. The van der Waals surface area contributed by atoms with E-state index in [1.165, 1.54) is 7.11 Å². The summed E-state index contributed by atoms with van der Waals surface area (Å²) in [6.45, 7) is 1.68. The Balaban J connectivity index is 1.96. The maximum absolute atomic E-state index is 13.2. The minimum Gasteiger partial charge on any atom is -0.496 e. The lowest BCUT2D eigenvalue weighted by Gasteiger charge is -2.37. The zero-order valence-electron chi connectivity index (χ0n) is 14.1. The lowest BCUT2D eigenvalue weighted by molar-refractivity contribution is -0.00788. The molecule has 0 fully saturated rings. The van der Waals surface area contributed by atoms with Crippen LogP contribution in [0.15, 0.2) is 30.3 Å². The van der Waals surface area contributed by atoms with Gasteiger partial charge in [0.1, 0.15) is 11.9 Å². The molecule has 0 spiro atoms. The number of hydrogen-bond donors (Lipinski definition) is 3. The topological polar surface area (TPSA) is 87.0 Å². The molecule has 2 aromatic rings. The molecule has 0 saturated heterocycles. The lowest BCUT2D eigenvalue weighted by atomic mass is 9.72. The van der Waals surface area contributed by atoms with Crippen LogP contribution in [-0.2, 0) is 6.42 Å². The Labute approximate surface area is 145 Å². The summed E-state index contributed by atoms with van der Waals surface area (Å²) in [5, 5.41) is 31.8. The standard InChI is InChI=1S/C20H20O5/c1-20(24)8-10-6-7-12-17(15(10)13(21)9-20)19(23)11-4-3-5-14(25-2)16(11)18(12)22/h3-7,13,18,21-22,24H,8-9H2,1-2H3/t13-,18+,20-/m1/s1. The maximum Gasteiger partial charge on any atom is 0.194 e. The fourth-order valence-corrected chi connectivity index (χ4v) is 4.19. The van der Waals surface area contributed by atoms with Crippen LogP contribution < -0.4 is 4.74 Å². The lowest BCUT2D eigenvalue weighted by Crippen LogP contribution is -2.36. The fraction of sp³-hybridized carbons (Fsp3) is 0.350. The second-order valence-corrected chi connectivity index (χ2v) is 7.15. The van der Waals surface area contributed by atoms with Gasteiger partial charge in [0, 0.05) is 29.5 Å². The number of ether oxygens (including phenoxy) is 1. The summed E-state index contributed by atoms with van der Waals surface area (Å²) in [4.78, 5) is 13.2. The summed E-state index contributed by atoms with van der Waals surface area (Å²) >= 11 is 0. The van der Waals surface area contributed by atoms with Gasteiger partial charge in [0.25, 0.3) is 0 Å². The molecule has 130 valence electrons. The Morgan fingerprint density at radius 1 is 1.16 bits per heavy atom. The molecule has 0 unspecified atom stereocenters. The minimum atomic E-state index is -1.02. The Bertz CT molecular complexity index is 884. The van der Waals surface area contributed by atoms with Crippen molar-refractivity contribution in [1.29, 1.82) is 0 Å². The second-order valence-electron chi connectivity index (χ2n) is 7.15. The third-order valence-electron chi connectivity index (χ3n) is 5.23. The summed E-state index contributed by atoms with van der Waals surface area (Å²) in [5.41, 5.74) is 1.93. The summed E-state index contributed by atoms with van der Waals surface area (Å²) in [5.74, 6) is 0.233. The van der Waals surface area contributed by atoms with Crippen molar-refractivity contribution in [3.05, 3.63) is 63.7 Å². The number of ketones is 1. The van der Waals surface area contributed by atoms with Crippen LogP contribution in [0.2, 0.25) is 0 Å². The van der Waals surface area contributed by atoms with Gasteiger partial charge in [-0.05, 0) is 29.7 Å². The predicted molar refractivity (Wildman–Crippen MR) is 90.8 cm³/mol. The smallest absolute Gasteiger partial charge is 0.194 e. The first-order chi connectivity index (χ1) is 11.8. The van der Waals surface area contributed by atoms with E-state index in [-0.39, 0.29) is 12.2 Å². The van der Waals surface area contributed by atoms with Crippen molar-refractivity contribution in [2.24, 2.45) is 0 Å². The molecule has 0 aromatic heterocycles. The molecule has 0 saturated carbocycles. The van der Waals surface area contributed by atoms with Crippen molar-refractivity contribution in [3.8, 4) is 5.75 Å². The molecular formula is C20H20O5. The molecule has 0 amide bonds. The van der Waals surface area contributed by atoms with E-state index in [0.717, 1.165) is 5.56 Å². The van der Waals surface area contributed by atoms with E-state index in [2.05, 4.69) is 0 Å². The molecule has 2 aromatic carbocycles. The normalized spacial score (nSPS) is 27.3. The average molecular weight is 340 g/mol. The largest absolute Gasteiger partial charge is 0.496 e. The van der Waals surface area contributed by atoms with E-state index in [9.17, 15) is 20.1 Å². The van der Waals surface area contributed by atoms with Gasteiger partial charge in [0.2, 0.25) is 0 Å². The van der Waals surface area contributed by atoms with Gasteiger partial charge < -0.3 is 20.1 Å². The van der Waals surface area contributed by atoms with Gasteiger partial charge >= 0.3 is 0 Å². The molecule has 3 N–H and O–H groups in total. The molecule has 0 bridgehead atoms. The number of methoxy groups -OCH3 is 1. The quantitative estimate of drug-likeness (QED) is 0.740. The van der Waals surface area contributed by atoms with Crippen molar-refractivity contribution in [3.63, 3.8) is 0 Å². The number of carbonyl (C=O) groups excluding carboxylic acids is 1. The van der Waals surface area contributed by atoms with Crippen LogP contribution in [0, 0.1) is 0 Å². The molecule has 5 heteroatoms. The Morgan fingerprint density at radius 3 is 2.64 bits per heavy atom. The van der Waals surface area contributed by atoms with Crippen LogP contribution in [0.4, 0.5) is 0 Å². The monoisotopic (exact) mass is 340 g/mol. The highest BCUT2D eigenvalue weighted by Gasteiger charge is 2.40. The second kappa shape index (κ2) is 5.39. The molecule has 0 radical (unpaired) electrons. The molecule has 0 aliphatic heterocycles. The van der Waals surface area contributed by atoms with Gasteiger partial charge in [0.05, 0.1) is 18.8 Å². The first-order valence-electron chi connectivity index (χ1n) is 8.30. The van der Waals surface area contributed by atoms with E-state index >= 15 is 0 Å². The number of rotatable bonds is 1. The minimum absolute atomic E-state index is 0.158. The van der Waals surface area contributed by atoms with Crippen molar-refractivity contribution in [2.75, 3.05) is 7.11 Å². The van der Waals surface area contributed by atoms with E-state index in [1.54, 1.807) is 37.3 Å². The number of carbonyl (C=O) groups is 1. The summed E-state index contributed by atoms with van der Waals surface area (Å²) in [6.07, 6.45) is -1.43. The van der Waals surface area contributed by atoms with E-state index in [0.29, 0.717) is 40.0 Å². The van der Waals surface area contributed by atoms with Crippen molar-refractivity contribution < 1.29 is 24.9 Å². The number of aliphatic hydroxyl groups is 3. The molecule has 0 heterocycles. The van der Waals surface area contributed by atoms with Crippen LogP contribution in [0.25, 0.3) is 0 Å². The predicted octanol–water partition coefficient (Wildman–Crippen LogP) is 2.05. The van der Waals surface area contributed by atoms with Gasteiger partial charge in [-0.25, -0.2) is 0 Å². The molecular weight excluding hydrogens is 320 g/mol. The number of benzene rings is 2. The van der Waals surface area contributed by atoms with Gasteiger partial charge in [-0.1, -0.05) is 24.3 Å². The summed E-state index contributed by atoms with van der Waals surface area (Å²) in [7, 11) is 1.50. The molecule has 25 heavy (non-hydrogen) atoms. The van der Waals surface area contributed by atoms with Crippen LogP contribution >= 0.6 is 0 Å². The Morgan fingerprint density at radius 2 is 1.92 bits per heavy atom. The van der Waals surface area contributed by atoms with Gasteiger partial charge in [-0.3, -0.25) is 4.79 Å². The van der Waals surface area contributed by atoms with Gasteiger partial charge in [-0.15, -0.1) is 0 Å². The molecule has 3 atom stereocenters. The van der Waals surface area contributed by atoms with Crippen LogP contribution in [0.5, 0.6) is 5.75 Å². The SMILES string of the molecule is COc1cccc2c1[C@@H](O)c1ccc3c(c1C2=O)[C@H](O)C[C@](C)(O)C3. The number of hydrogen-bond acceptors (Lipinski definition) is 5. The van der Waals surface area contributed by atoms with E-state index < -0.39 is 17.8 Å². The zero-order chi connectivity index (χ0) is 17.9. The third kappa shape index (κ3) is 2.31. The summed E-state index contributed by atoms with van der Waals surface area (Å²) in [6, 6.07) is 8.58. The Kier molecular flexibility index (Phi) is 3.51. The first kappa shape index (κ1) is 16.3. The van der Waals surface area contributed by atoms with Crippen molar-refractivity contribution in [1.82, 2.24) is 0 Å². The van der Waals surface area contributed by atoms with Crippen LogP contribution in [-0.4, -0.2) is 33.8 Å². The van der Waals surface area contributed by atoms with E-state index in [1.807, 2.05) is 0 Å². The number of fused-ring (bicyclic) bond motifs is 4. The molecule has 5 nitrogen and oxygen atoms in total. The van der Waals surface area contributed by atoms with Crippen LogP contribution in [0.1, 0.15) is 63.7 Å². The van der Waals surface area contributed by atoms with Gasteiger partial charge in [-0.2, -0.15) is 0 Å². The number of aliphatic hydroxyl groups excluding tert-OH is 2.